The van der Waals surface area contributed by atoms with Crippen molar-refractivity contribution in [3.8, 4) is 0 Å². The molecule has 0 aliphatic heterocycles. The van der Waals surface area contributed by atoms with Crippen LogP contribution < -0.4 is 10.4 Å². The molecule has 4 rings (SSSR count). The largest absolute Gasteiger partial charge is 0.0779 e. The van der Waals surface area contributed by atoms with E-state index in [1.54, 1.807) is 54.9 Å². The molecule has 0 saturated heterocycles. The van der Waals surface area contributed by atoms with E-state index < -0.39 is 16.1 Å². The summed E-state index contributed by atoms with van der Waals surface area (Å²) in [6, 6.07) is 5.10. The minimum atomic E-state index is -1.32. The summed E-state index contributed by atoms with van der Waals surface area (Å²) in [5.41, 5.74) is 16.2. The second-order valence-electron chi connectivity index (χ2n) is 11.9. The molecular weight excluding hydrogens is 392 g/mol. The molecule has 0 radical (unpaired) electrons. The van der Waals surface area contributed by atoms with E-state index in [2.05, 4.69) is 79.1 Å². The zero-order valence-corrected chi connectivity index (χ0v) is 23.0. The fourth-order valence-corrected chi connectivity index (χ4v) is 10.2. The van der Waals surface area contributed by atoms with Crippen molar-refractivity contribution in [3.63, 3.8) is 0 Å². The van der Waals surface area contributed by atoms with Crippen molar-refractivity contribution in [2.75, 3.05) is 0 Å². The molecule has 2 aliphatic rings. The molecule has 2 aromatic carbocycles. The van der Waals surface area contributed by atoms with Crippen LogP contribution in [0.15, 0.2) is 12.1 Å². The van der Waals surface area contributed by atoms with Gasteiger partial charge in [0.15, 0.2) is 0 Å². The van der Waals surface area contributed by atoms with E-state index in [0.717, 1.165) is 0 Å². The molecule has 0 nitrogen and oxygen atoms in total. The van der Waals surface area contributed by atoms with Gasteiger partial charge in [0.1, 0.15) is 0 Å². The number of rotatable bonds is 2. The summed E-state index contributed by atoms with van der Waals surface area (Å²) in [6.45, 7) is 24.5. The van der Waals surface area contributed by atoms with Crippen LogP contribution in [0.3, 0.4) is 0 Å². The van der Waals surface area contributed by atoms with Gasteiger partial charge in [-0.25, -0.2) is 0 Å². The first kappa shape index (κ1) is 21.8. The van der Waals surface area contributed by atoms with Crippen molar-refractivity contribution in [2.45, 2.75) is 92.7 Å². The molecule has 0 saturated carbocycles. The van der Waals surface area contributed by atoms with E-state index in [4.69, 9.17) is 0 Å². The van der Waals surface area contributed by atoms with Crippen LogP contribution >= 0.6 is 0 Å². The molecule has 0 amide bonds. The van der Waals surface area contributed by atoms with Gasteiger partial charge < -0.3 is 0 Å². The minimum Gasteiger partial charge on any atom is -0.0656 e. The predicted octanol–water partition coefficient (Wildman–Crippen LogP) is 6.81. The highest BCUT2D eigenvalue weighted by Gasteiger charge is 2.33. The average molecular weight is 433 g/mol. The second kappa shape index (κ2) is 7.07. The summed E-state index contributed by atoms with van der Waals surface area (Å²) in [7, 11) is -2.63. The molecule has 0 aromatic heterocycles. The van der Waals surface area contributed by atoms with E-state index in [9.17, 15) is 0 Å². The van der Waals surface area contributed by atoms with Crippen molar-refractivity contribution in [3.05, 3.63) is 56.6 Å². The van der Waals surface area contributed by atoms with Crippen LogP contribution in [0.1, 0.15) is 57.3 Å². The Kier molecular flexibility index (Phi) is 5.14. The molecule has 2 aliphatic carbocycles. The van der Waals surface area contributed by atoms with Crippen LogP contribution in [-0.2, 0) is 12.8 Å². The van der Waals surface area contributed by atoms with Gasteiger partial charge in [-0.1, -0.05) is 61.8 Å². The van der Waals surface area contributed by atoms with E-state index in [-0.39, 0.29) is 0 Å². The van der Waals surface area contributed by atoms with Gasteiger partial charge in [0.2, 0.25) is 0 Å². The van der Waals surface area contributed by atoms with Crippen molar-refractivity contribution in [2.24, 2.45) is 0 Å². The molecule has 0 atom stereocenters. The van der Waals surface area contributed by atoms with E-state index in [0.29, 0.717) is 0 Å². The third-order valence-corrected chi connectivity index (χ3v) is 11.9. The molecule has 0 N–H and O–H groups in total. The smallest absolute Gasteiger partial charge is 0.0656 e. The molecule has 160 valence electrons. The molecule has 0 fully saturated rings. The Morgan fingerprint density at radius 1 is 0.533 bits per heavy atom. The Morgan fingerprint density at radius 3 is 1.17 bits per heavy atom. The van der Waals surface area contributed by atoms with Crippen LogP contribution in [0, 0.1) is 27.7 Å². The minimum absolute atomic E-state index is 1.23. The summed E-state index contributed by atoms with van der Waals surface area (Å²) in [6.07, 6.45) is 4.93. The highest BCUT2D eigenvalue weighted by atomic mass is 28.3. The van der Waals surface area contributed by atoms with Gasteiger partial charge in [0.25, 0.3) is 0 Å². The molecule has 0 unspecified atom stereocenters. The number of allylic oxidation sites excluding steroid dienone is 2. The number of fused-ring (bicyclic) bond motifs is 2. The SMILES string of the molecule is Cc1cc([Si](C)(C)C)c(C)c2c1C(=C1CCc3c(C)c([Si](C)(C)C)cc(C)c31)CC2. The van der Waals surface area contributed by atoms with Gasteiger partial charge in [-0.2, -0.15) is 0 Å². The Hall–Kier alpha value is -1.39. The standard InChI is InChI=1S/C28H40Si2/c1-17-15-25(29(5,6)7)19(3)21-11-13-23(27(17)21)24-14-12-22-20(4)26(30(8,9)10)16-18(2)28(22)24/h15-16H,11-14H2,1-10H3. The fourth-order valence-electron chi connectivity index (χ4n) is 6.35. The highest BCUT2D eigenvalue weighted by Crippen LogP contribution is 2.47. The monoisotopic (exact) mass is 432 g/mol. The Labute approximate surface area is 186 Å². The van der Waals surface area contributed by atoms with Crippen LogP contribution in [0.4, 0.5) is 0 Å². The molecule has 0 heterocycles. The lowest BCUT2D eigenvalue weighted by Crippen LogP contribution is -2.40. The lowest BCUT2D eigenvalue weighted by molar-refractivity contribution is 1.05. The summed E-state index contributed by atoms with van der Waals surface area (Å²) in [5.74, 6) is 0. The molecule has 30 heavy (non-hydrogen) atoms. The Morgan fingerprint density at radius 2 is 0.867 bits per heavy atom. The van der Waals surface area contributed by atoms with Crippen LogP contribution in [0.5, 0.6) is 0 Å². The maximum absolute atomic E-state index is 2.55. The predicted molar refractivity (Wildman–Crippen MR) is 141 cm³/mol. The van der Waals surface area contributed by atoms with Gasteiger partial charge in [-0.15, -0.1) is 0 Å². The summed E-state index contributed by atoms with van der Waals surface area (Å²) in [4.78, 5) is 0. The Balaban J connectivity index is 1.94. The summed E-state index contributed by atoms with van der Waals surface area (Å²) in [5, 5.41) is 3.34. The zero-order valence-electron chi connectivity index (χ0n) is 21.0. The first-order valence-corrected chi connectivity index (χ1v) is 18.8. The topological polar surface area (TPSA) is 0 Å². The van der Waals surface area contributed by atoms with Gasteiger partial charge in [-0.05, 0) is 109 Å². The van der Waals surface area contributed by atoms with Crippen molar-refractivity contribution in [1.29, 1.82) is 0 Å². The Bertz CT molecular complexity index is 998. The van der Waals surface area contributed by atoms with Crippen LogP contribution in [-0.4, -0.2) is 16.1 Å². The van der Waals surface area contributed by atoms with Crippen molar-refractivity contribution < 1.29 is 0 Å². The lowest BCUT2D eigenvalue weighted by Gasteiger charge is -2.25. The second-order valence-corrected chi connectivity index (χ2v) is 22.0. The number of hydrogen-bond donors (Lipinski definition) is 0. The fraction of sp³-hybridized carbons (Fsp3) is 0.500. The molecule has 0 spiro atoms. The maximum Gasteiger partial charge on any atom is 0.0779 e. The lowest BCUT2D eigenvalue weighted by atomic mass is 9.90. The van der Waals surface area contributed by atoms with E-state index in [1.807, 2.05) is 0 Å². The van der Waals surface area contributed by atoms with Gasteiger partial charge in [0.05, 0.1) is 16.1 Å². The number of benzene rings is 2. The number of hydrogen-bond acceptors (Lipinski definition) is 0. The highest BCUT2D eigenvalue weighted by molar-refractivity contribution is 6.89. The quantitative estimate of drug-likeness (QED) is 0.457. The molecule has 0 bridgehead atoms. The zero-order chi connectivity index (χ0) is 22.2. The van der Waals surface area contributed by atoms with Gasteiger partial charge in [-0.3, -0.25) is 0 Å². The molecular formula is C28H40Si2. The average Bonchev–Trinajstić information content (AvgIpc) is 3.23. The first-order valence-electron chi connectivity index (χ1n) is 11.8. The van der Waals surface area contributed by atoms with Crippen molar-refractivity contribution >= 4 is 37.7 Å². The third-order valence-electron chi connectivity index (χ3n) is 7.66. The third kappa shape index (κ3) is 3.31. The summed E-state index contributed by atoms with van der Waals surface area (Å²) >= 11 is 0. The van der Waals surface area contributed by atoms with Gasteiger partial charge >= 0.3 is 0 Å². The van der Waals surface area contributed by atoms with Crippen LogP contribution in [0.2, 0.25) is 39.3 Å². The maximum atomic E-state index is 2.55. The van der Waals surface area contributed by atoms with Gasteiger partial charge in [0, 0.05) is 0 Å². The molecule has 2 aromatic rings. The van der Waals surface area contributed by atoms with E-state index >= 15 is 0 Å². The van der Waals surface area contributed by atoms with Crippen LogP contribution in [0.25, 0.3) is 11.1 Å². The number of aryl methyl sites for hydroxylation is 2. The van der Waals surface area contributed by atoms with E-state index in [1.165, 1.54) is 36.8 Å². The molecule has 2 heteroatoms. The first-order chi connectivity index (χ1) is 13.8. The normalized spacial score (nSPS) is 18.7. The van der Waals surface area contributed by atoms with Crippen molar-refractivity contribution in [1.82, 2.24) is 0 Å². The summed E-state index contributed by atoms with van der Waals surface area (Å²) < 4.78 is 0.